The summed E-state index contributed by atoms with van der Waals surface area (Å²) in [6.45, 7) is 5.03. The van der Waals surface area contributed by atoms with E-state index in [4.69, 9.17) is 10.8 Å². The Morgan fingerprint density at radius 3 is 2.12 bits per heavy atom. The van der Waals surface area contributed by atoms with Gasteiger partial charge in [-0.15, -0.1) is 0 Å². The third kappa shape index (κ3) is 4.59. The Labute approximate surface area is 95.0 Å². The van der Waals surface area contributed by atoms with Crippen LogP contribution in [-0.2, 0) is 9.59 Å². The first kappa shape index (κ1) is 14.9. The van der Waals surface area contributed by atoms with Crippen LogP contribution in [-0.4, -0.2) is 39.8 Å². The summed E-state index contributed by atoms with van der Waals surface area (Å²) in [6.07, 6.45) is -0.267. The van der Waals surface area contributed by atoms with Gasteiger partial charge in [0.05, 0.1) is 12.6 Å². The highest BCUT2D eigenvalue weighted by Gasteiger charge is 2.32. The Hall–Kier alpha value is -1.14. The van der Waals surface area contributed by atoms with E-state index < -0.39 is 23.3 Å². The highest BCUT2D eigenvalue weighted by Crippen LogP contribution is 2.23. The largest absolute Gasteiger partial charge is 0.394 e. The molecule has 0 unspecified atom stereocenters. The minimum atomic E-state index is -0.701. The highest BCUT2D eigenvalue weighted by atomic mass is 16.5. The van der Waals surface area contributed by atoms with Crippen molar-refractivity contribution < 1.29 is 19.9 Å². The molecule has 0 aromatic heterocycles. The third-order valence-electron chi connectivity index (χ3n) is 2.31. The normalized spacial score (nSPS) is 13.3. The maximum Gasteiger partial charge on any atom is 0.246 e. The Bertz CT molecular complexity index is 260. The molecule has 0 bridgehead atoms. The van der Waals surface area contributed by atoms with Gasteiger partial charge >= 0.3 is 0 Å². The van der Waals surface area contributed by atoms with Crippen LogP contribution in [0.3, 0.4) is 0 Å². The molecule has 0 spiro atoms. The average Bonchev–Trinajstić information content (AvgIpc) is 2.12. The molecule has 0 aliphatic carbocycles. The van der Waals surface area contributed by atoms with E-state index >= 15 is 0 Å². The number of nitrogens with zero attached hydrogens (tertiary/aromatic N) is 1. The summed E-state index contributed by atoms with van der Waals surface area (Å²) in [6, 6.07) is -0.701. The van der Waals surface area contributed by atoms with Gasteiger partial charge in [0.25, 0.3) is 0 Å². The van der Waals surface area contributed by atoms with Crippen molar-refractivity contribution in [1.29, 1.82) is 0 Å². The van der Waals surface area contributed by atoms with Crippen molar-refractivity contribution in [3.63, 3.8) is 0 Å². The van der Waals surface area contributed by atoms with Crippen molar-refractivity contribution in [3.8, 4) is 0 Å². The maximum absolute atomic E-state index is 11.5. The number of primary amides is 1. The SMILES string of the molecule is CC(C)(C)[C@@H](CO)N(O)C(=O)CCC(N)=O. The molecule has 0 aromatic rings. The second kappa shape index (κ2) is 5.81. The Morgan fingerprint density at radius 2 is 1.81 bits per heavy atom. The van der Waals surface area contributed by atoms with Crippen molar-refractivity contribution >= 4 is 11.8 Å². The molecule has 1 atom stereocenters. The zero-order valence-electron chi connectivity index (χ0n) is 9.93. The fourth-order valence-electron chi connectivity index (χ4n) is 1.24. The van der Waals surface area contributed by atoms with Crippen molar-refractivity contribution in [2.45, 2.75) is 39.7 Å². The van der Waals surface area contributed by atoms with E-state index in [0.717, 1.165) is 0 Å². The summed E-state index contributed by atoms with van der Waals surface area (Å²) in [4.78, 5) is 21.9. The number of amides is 2. The molecule has 0 saturated carbocycles. The van der Waals surface area contributed by atoms with E-state index in [1.165, 1.54) is 0 Å². The predicted molar refractivity (Wildman–Crippen MR) is 57.4 cm³/mol. The molecule has 0 aromatic carbocycles. The third-order valence-corrected chi connectivity index (χ3v) is 2.31. The lowest BCUT2D eigenvalue weighted by atomic mass is 9.87. The molecule has 6 heteroatoms. The van der Waals surface area contributed by atoms with Gasteiger partial charge in [0.2, 0.25) is 11.8 Å². The van der Waals surface area contributed by atoms with Crippen LogP contribution in [0.25, 0.3) is 0 Å². The molecular formula is C10H20N2O4. The van der Waals surface area contributed by atoms with E-state index in [1.807, 2.05) is 0 Å². The number of hydroxylamine groups is 2. The molecule has 2 amide bonds. The number of aliphatic hydroxyl groups excluding tert-OH is 1. The molecule has 0 fully saturated rings. The quantitative estimate of drug-likeness (QED) is 0.454. The summed E-state index contributed by atoms with van der Waals surface area (Å²) < 4.78 is 0. The van der Waals surface area contributed by atoms with Crippen LogP contribution in [0.15, 0.2) is 0 Å². The van der Waals surface area contributed by atoms with Crippen LogP contribution in [0, 0.1) is 5.41 Å². The van der Waals surface area contributed by atoms with Gasteiger partial charge in [-0.05, 0) is 5.41 Å². The number of aliphatic hydroxyl groups is 1. The van der Waals surface area contributed by atoms with Gasteiger partial charge in [0.1, 0.15) is 0 Å². The molecule has 16 heavy (non-hydrogen) atoms. The first-order valence-corrected chi connectivity index (χ1v) is 5.10. The Kier molecular flexibility index (Phi) is 5.40. The van der Waals surface area contributed by atoms with E-state index in [9.17, 15) is 14.8 Å². The van der Waals surface area contributed by atoms with Crippen molar-refractivity contribution in [2.75, 3.05) is 6.61 Å². The molecule has 4 N–H and O–H groups in total. The molecule has 0 rings (SSSR count). The predicted octanol–water partition coefficient (Wildman–Crippen LogP) is -0.123. The zero-order valence-corrected chi connectivity index (χ0v) is 9.93. The zero-order chi connectivity index (χ0) is 12.9. The van der Waals surface area contributed by atoms with E-state index in [-0.39, 0.29) is 19.4 Å². The van der Waals surface area contributed by atoms with Crippen LogP contribution >= 0.6 is 0 Å². The number of carbonyl (C=O) groups is 2. The molecule has 6 nitrogen and oxygen atoms in total. The van der Waals surface area contributed by atoms with Gasteiger partial charge in [0, 0.05) is 12.8 Å². The van der Waals surface area contributed by atoms with Gasteiger partial charge in [-0.3, -0.25) is 14.8 Å². The monoisotopic (exact) mass is 232 g/mol. The minimum absolute atomic E-state index is 0.113. The summed E-state index contributed by atoms with van der Waals surface area (Å²) in [5.41, 5.74) is 4.44. The number of carbonyl (C=O) groups excluding carboxylic acids is 2. The standard InChI is InChI=1S/C10H20N2O4/c1-10(2,3)7(6-13)12(16)9(15)5-4-8(11)14/h7,13,16H,4-6H2,1-3H3,(H2,11,14)/t7-/m1/s1. The lowest BCUT2D eigenvalue weighted by molar-refractivity contribution is -0.190. The van der Waals surface area contributed by atoms with E-state index in [0.29, 0.717) is 5.06 Å². The summed E-state index contributed by atoms with van der Waals surface area (Å²) in [7, 11) is 0. The number of rotatable bonds is 5. The van der Waals surface area contributed by atoms with E-state index in [2.05, 4.69) is 0 Å². The summed E-state index contributed by atoms with van der Waals surface area (Å²) >= 11 is 0. The Balaban J connectivity index is 4.45. The van der Waals surface area contributed by atoms with Crippen LogP contribution in [0.5, 0.6) is 0 Å². The second-order valence-corrected chi connectivity index (χ2v) is 4.77. The van der Waals surface area contributed by atoms with Gasteiger partial charge in [-0.25, -0.2) is 5.06 Å². The summed E-state index contributed by atoms with van der Waals surface area (Å²) in [5, 5.41) is 19.2. The molecule has 94 valence electrons. The van der Waals surface area contributed by atoms with Gasteiger partial charge in [0.15, 0.2) is 0 Å². The lowest BCUT2D eigenvalue weighted by Crippen LogP contribution is -2.47. The Morgan fingerprint density at radius 1 is 1.31 bits per heavy atom. The van der Waals surface area contributed by atoms with Gasteiger partial charge < -0.3 is 10.8 Å². The van der Waals surface area contributed by atoms with Crippen molar-refractivity contribution in [2.24, 2.45) is 11.1 Å². The molecule has 0 aliphatic rings. The van der Waals surface area contributed by atoms with Crippen LogP contribution in [0.4, 0.5) is 0 Å². The fraction of sp³-hybridized carbons (Fsp3) is 0.800. The second-order valence-electron chi connectivity index (χ2n) is 4.77. The van der Waals surface area contributed by atoms with Crippen LogP contribution < -0.4 is 5.73 Å². The number of hydrogen-bond donors (Lipinski definition) is 3. The number of nitrogens with two attached hydrogens (primary N) is 1. The highest BCUT2D eigenvalue weighted by molar-refractivity contribution is 5.82. The van der Waals surface area contributed by atoms with Crippen LogP contribution in [0.2, 0.25) is 0 Å². The first-order chi connectivity index (χ1) is 7.20. The van der Waals surface area contributed by atoms with Crippen molar-refractivity contribution in [1.82, 2.24) is 5.06 Å². The smallest absolute Gasteiger partial charge is 0.246 e. The first-order valence-electron chi connectivity index (χ1n) is 5.10. The summed E-state index contributed by atoms with van der Waals surface area (Å²) in [5.74, 6) is -1.22. The van der Waals surface area contributed by atoms with E-state index in [1.54, 1.807) is 20.8 Å². The molecule has 0 aliphatic heterocycles. The molecule has 0 saturated heterocycles. The number of hydrogen-bond acceptors (Lipinski definition) is 4. The van der Waals surface area contributed by atoms with Gasteiger partial charge in [-0.2, -0.15) is 0 Å². The van der Waals surface area contributed by atoms with Crippen LogP contribution in [0.1, 0.15) is 33.6 Å². The molecular weight excluding hydrogens is 212 g/mol. The average molecular weight is 232 g/mol. The molecule has 0 radical (unpaired) electrons. The van der Waals surface area contributed by atoms with Crippen molar-refractivity contribution in [3.05, 3.63) is 0 Å². The minimum Gasteiger partial charge on any atom is -0.394 e. The van der Waals surface area contributed by atoms with Gasteiger partial charge in [-0.1, -0.05) is 20.8 Å². The lowest BCUT2D eigenvalue weighted by Gasteiger charge is -2.34. The fourth-order valence-corrected chi connectivity index (χ4v) is 1.24. The molecule has 0 heterocycles. The topological polar surface area (TPSA) is 104 Å². The maximum atomic E-state index is 11.5.